The second-order valence-electron chi connectivity index (χ2n) is 4.41. The summed E-state index contributed by atoms with van der Waals surface area (Å²) in [6.45, 7) is 3.74. The van der Waals surface area contributed by atoms with Crippen molar-refractivity contribution >= 4 is 5.78 Å². The van der Waals surface area contributed by atoms with Gasteiger partial charge in [0.05, 0.1) is 25.5 Å². The molecule has 0 aliphatic carbocycles. The van der Waals surface area contributed by atoms with E-state index < -0.39 is 5.82 Å². The number of nitrogens with zero attached hydrogens (tertiary/aromatic N) is 1. The van der Waals surface area contributed by atoms with Crippen molar-refractivity contribution in [3.8, 4) is 22.8 Å². The Balaban J connectivity index is 2.54. The molecule has 0 aliphatic heterocycles. The van der Waals surface area contributed by atoms with Crippen molar-refractivity contribution in [3.05, 3.63) is 41.8 Å². The van der Waals surface area contributed by atoms with E-state index in [1.807, 2.05) is 6.92 Å². The number of methoxy groups -OCH3 is 1. The lowest BCUT2D eigenvalue weighted by molar-refractivity contribution is 0.101. The number of hydrogen-bond donors (Lipinski definition) is 0. The van der Waals surface area contributed by atoms with Gasteiger partial charge < -0.3 is 9.47 Å². The third-order valence-corrected chi connectivity index (χ3v) is 3.01. The molecule has 5 heteroatoms. The third-order valence-electron chi connectivity index (χ3n) is 3.01. The molecule has 0 N–H and O–H groups in total. The summed E-state index contributed by atoms with van der Waals surface area (Å²) in [5, 5.41) is 0. The zero-order valence-electron chi connectivity index (χ0n) is 12.1. The number of Topliss-reactive ketones (excluding diaryl/α,β-unsaturated/α-hetero) is 1. The smallest absolute Gasteiger partial charge is 0.213 e. The van der Waals surface area contributed by atoms with Gasteiger partial charge in [0.15, 0.2) is 5.78 Å². The largest absolute Gasteiger partial charge is 0.493 e. The maximum Gasteiger partial charge on any atom is 0.213 e. The standard InChI is InChI=1S/C16H16FNO3/c1-4-21-15-6-5-11(7-12(15)10(2)19)13-8-16(20-3)18-9-14(13)17/h5-9H,4H2,1-3H3. The minimum absolute atomic E-state index is 0.137. The molecule has 1 aromatic heterocycles. The predicted molar refractivity (Wildman–Crippen MR) is 77.4 cm³/mol. The van der Waals surface area contributed by atoms with Gasteiger partial charge in [0.2, 0.25) is 5.88 Å². The molecule has 1 aromatic carbocycles. The van der Waals surface area contributed by atoms with Crippen LogP contribution >= 0.6 is 0 Å². The summed E-state index contributed by atoms with van der Waals surface area (Å²) < 4.78 is 24.4. The molecule has 0 bridgehead atoms. The highest BCUT2D eigenvalue weighted by atomic mass is 19.1. The fourth-order valence-corrected chi connectivity index (χ4v) is 2.01. The van der Waals surface area contributed by atoms with Crippen molar-refractivity contribution in [2.24, 2.45) is 0 Å². The van der Waals surface area contributed by atoms with E-state index in [9.17, 15) is 9.18 Å². The minimum atomic E-state index is -0.477. The predicted octanol–water partition coefficient (Wildman–Crippen LogP) is 3.50. The van der Waals surface area contributed by atoms with Crippen molar-refractivity contribution < 1.29 is 18.7 Å². The normalized spacial score (nSPS) is 10.3. The van der Waals surface area contributed by atoms with E-state index >= 15 is 0 Å². The first-order valence-electron chi connectivity index (χ1n) is 6.54. The Labute approximate surface area is 122 Å². The number of pyridine rings is 1. The van der Waals surface area contributed by atoms with Gasteiger partial charge in [-0.1, -0.05) is 6.07 Å². The number of halogens is 1. The molecule has 0 atom stereocenters. The van der Waals surface area contributed by atoms with Crippen molar-refractivity contribution in [2.75, 3.05) is 13.7 Å². The van der Waals surface area contributed by atoms with E-state index in [1.165, 1.54) is 20.1 Å². The van der Waals surface area contributed by atoms with Crippen LogP contribution in [0.3, 0.4) is 0 Å². The number of ether oxygens (including phenoxy) is 2. The Bertz CT molecular complexity index is 671. The summed E-state index contributed by atoms with van der Waals surface area (Å²) in [5.41, 5.74) is 1.32. The van der Waals surface area contributed by atoms with Crippen molar-refractivity contribution in [2.45, 2.75) is 13.8 Å². The average Bonchev–Trinajstić information content (AvgIpc) is 2.48. The fraction of sp³-hybridized carbons (Fsp3) is 0.250. The molecule has 4 nitrogen and oxygen atoms in total. The first-order valence-corrected chi connectivity index (χ1v) is 6.54. The van der Waals surface area contributed by atoms with Gasteiger partial charge in [0, 0.05) is 11.6 Å². The number of ketones is 1. The van der Waals surface area contributed by atoms with Crippen LogP contribution in [0.1, 0.15) is 24.2 Å². The first kappa shape index (κ1) is 15.0. The summed E-state index contributed by atoms with van der Waals surface area (Å²) in [5.74, 6) is 0.191. The van der Waals surface area contributed by atoms with E-state index in [4.69, 9.17) is 9.47 Å². The van der Waals surface area contributed by atoms with Crippen LogP contribution in [-0.2, 0) is 0 Å². The molecule has 0 spiro atoms. The lowest BCUT2D eigenvalue weighted by atomic mass is 10.0. The van der Waals surface area contributed by atoms with Crippen LogP contribution in [0.25, 0.3) is 11.1 Å². The molecule has 0 fully saturated rings. The first-order chi connectivity index (χ1) is 10.1. The van der Waals surface area contributed by atoms with Crippen LogP contribution in [0.2, 0.25) is 0 Å². The minimum Gasteiger partial charge on any atom is -0.493 e. The van der Waals surface area contributed by atoms with Crippen LogP contribution in [-0.4, -0.2) is 24.5 Å². The van der Waals surface area contributed by atoms with Gasteiger partial charge in [-0.05, 0) is 31.5 Å². The topological polar surface area (TPSA) is 48.4 Å². The Kier molecular flexibility index (Phi) is 4.52. The summed E-state index contributed by atoms with van der Waals surface area (Å²) in [6, 6.07) is 6.48. The van der Waals surface area contributed by atoms with Gasteiger partial charge in [-0.2, -0.15) is 0 Å². The molecule has 0 aliphatic rings. The monoisotopic (exact) mass is 289 g/mol. The Hall–Kier alpha value is -2.43. The quantitative estimate of drug-likeness (QED) is 0.790. The van der Waals surface area contributed by atoms with Gasteiger partial charge in [-0.25, -0.2) is 9.37 Å². The van der Waals surface area contributed by atoms with Crippen LogP contribution in [0.15, 0.2) is 30.5 Å². The molecule has 2 aromatic rings. The highest BCUT2D eigenvalue weighted by molar-refractivity contribution is 5.98. The Morgan fingerprint density at radius 3 is 2.71 bits per heavy atom. The number of benzene rings is 1. The van der Waals surface area contributed by atoms with Gasteiger partial charge in [0.25, 0.3) is 0 Å². The fourth-order valence-electron chi connectivity index (χ4n) is 2.01. The van der Waals surface area contributed by atoms with E-state index in [-0.39, 0.29) is 5.78 Å². The average molecular weight is 289 g/mol. The summed E-state index contributed by atoms with van der Waals surface area (Å²) >= 11 is 0. The van der Waals surface area contributed by atoms with Crippen LogP contribution in [0, 0.1) is 5.82 Å². The lowest BCUT2D eigenvalue weighted by Crippen LogP contribution is -2.01. The zero-order chi connectivity index (χ0) is 15.4. The number of carbonyl (C=O) groups excluding carboxylic acids is 1. The molecule has 2 rings (SSSR count). The molecule has 0 saturated carbocycles. The Morgan fingerprint density at radius 2 is 2.10 bits per heavy atom. The highest BCUT2D eigenvalue weighted by Crippen LogP contribution is 2.30. The molecule has 0 unspecified atom stereocenters. The number of aromatic nitrogens is 1. The molecule has 0 saturated heterocycles. The van der Waals surface area contributed by atoms with E-state index in [0.29, 0.717) is 34.9 Å². The van der Waals surface area contributed by atoms with Crippen LogP contribution < -0.4 is 9.47 Å². The van der Waals surface area contributed by atoms with Crippen molar-refractivity contribution in [1.29, 1.82) is 0 Å². The number of rotatable bonds is 5. The molecule has 0 amide bonds. The highest BCUT2D eigenvalue weighted by Gasteiger charge is 2.13. The lowest BCUT2D eigenvalue weighted by Gasteiger charge is -2.11. The molecule has 1 heterocycles. The van der Waals surface area contributed by atoms with Gasteiger partial charge in [-0.3, -0.25) is 4.79 Å². The van der Waals surface area contributed by atoms with Crippen LogP contribution in [0.5, 0.6) is 11.6 Å². The molecule has 110 valence electrons. The van der Waals surface area contributed by atoms with Gasteiger partial charge in [-0.15, -0.1) is 0 Å². The molecular formula is C16H16FNO3. The molecule has 21 heavy (non-hydrogen) atoms. The third kappa shape index (κ3) is 3.18. The van der Waals surface area contributed by atoms with Crippen molar-refractivity contribution in [3.63, 3.8) is 0 Å². The maximum atomic E-state index is 13.9. The SMILES string of the molecule is CCOc1ccc(-c2cc(OC)ncc2F)cc1C(C)=O. The summed E-state index contributed by atoms with van der Waals surface area (Å²) in [7, 11) is 1.46. The number of carbonyl (C=O) groups is 1. The molecular weight excluding hydrogens is 273 g/mol. The van der Waals surface area contributed by atoms with Gasteiger partial charge >= 0.3 is 0 Å². The molecule has 0 radical (unpaired) electrons. The second-order valence-corrected chi connectivity index (χ2v) is 4.41. The van der Waals surface area contributed by atoms with E-state index in [1.54, 1.807) is 18.2 Å². The van der Waals surface area contributed by atoms with E-state index in [2.05, 4.69) is 4.98 Å². The van der Waals surface area contributed by atoms with Crippen molar-refractivity contribution in [1.82, 2.24) is 4.98 Å². The maximum absolute atomic E-state index is 13.9. The van der Waals surface area contributed by atoms with Gasteiger partial charge in [0.1, 0.15) is 11.6 Å². The summed E-state index contributed by atoms with van der Waals surface area (Å²) in [4.78, 5) is 15.5. The van der Waals surface area contributed by atoms with Crippen LogP contribution in [0.4, 0.5) is 4.39 Å². The zero-order valence-corrected chi connectivity index (χ0v) is 12.1. The Morgan fingerprint density at radius 1 is 1.33 bits per heavy atom. The van der Waals surface area contributed by atoms with E-state index in [0.717, 1.165) is 6.20 Å². The second kappa shape index (κ2) is 6.35. The summed E-state index contributed by atoms with van der Waals surface area (Å²) in [6.07, 6.45) is 1.10. The number of hydrogen-bond acceptors (Lipinski definition) is 4.